The molecule has 90 valence electrons. The summed E-state index contributed by atoms with van der Waals surface area (Å²) in [6.45, 7) is 3.75. The van der Waals surface area contributed by atoms with E-state index in [0.717, 1.165) is 9.75 Å². The largest absolute Gasteiger partial charge is 0.462 e. The molecule has 0 aliphatic heterocycles. The quantitative estimate of drug-likeness (QED) is 0.785. The summed E-state index contributed by atoms with van der Waals surface area (Å²) in [6.07, 6.45) is -0.0788. The number of hydrogen-bond acceptors (Lipinski definition) is 4. The molecular formula is C13H14O2S2. The van der Waals surface area contributed by atoms with Crippen LogP contribution in [0.2, 0.25) is 0 Å². The Morgan fingerprint density at radius 1 is 1.12 bits per heavy atom. The van der Waals surface area contributed by atoms with Crippen molar-refractivity contribution in [1.29, 1.82) is 0 Å². The van der Waals surface area contributed by atoms with Gasteiger partial charge in [-0.1, -0.05) is 12.1 Å². The Morgan fingerprint density at radius 2 is 1.65 bits per heavy atom. The van der Waals surface area contributed by atoms with Gasteiger partial charge in [0, 0.05) is 9.75 Å². The van der Waals surface area contributed by atoms with Crippen LogP contribution < -0.4 is 0 Å². The highest BCUT2D eigenvalue weighted by molar-refractivity contribution is 7.11. The monoisotopic (exact) mass is 266 g/mol. The highest BCUT2D eigenvalue weighted by Crippen LogP contribution is 2.32. The van der Waals surface area contributed by atoms with Gasteiger partial charge >= 0.3 is 5.97 Å². The molecule has 0 fully saturated rings. The van der Waals surface area contributed by atoms with Crippen LogP contribution in [-0.2, 0) is 9.53 Å². The van der Waals surface area contributed by atoms with E-state index in [1.54, 1.807) is 22.7 Å². The number of esters is 1. The van der Waals surface area contributed by atoms with E-state index in [0.29, 0.717) is 0 Å². The molecule has 0 saturated heterocycles. The van der Waals surface area contributed by atoms with Crippen LogP contribution in [0.3, 0.4) is 0 Å². The van der Waals surface area contributed by atoms with E-state index in [1.165, 1.54) is 0 Å². The molecular weight excluding hydrogens is 252 g/mol. The third kappa shape index (κ3) is 2.96. The average Bonchev–Trinajstić information content (AvgIpc) is 2.88. The summed E-state index contributed by atoms with van der Waals surface area (Å²) < 4.78 is 5.33. The summed E-state index contributed by atoms with van der Waals surface area (Å²) in [6, 6.07) is 7.89. The van der Waals surface area contributed by atoms with Crippen molar-refractivity contribution in [3.63, 3.8) is 0 Å². The van der Waals surface area contributed by atoms with Crippen molar-refractivity contribution in [2.75, 3.05) is 0 Å². The molecule has 2 aromatic rings. The molecule has 17 heavy (non-hydrogen) atoms. The second kappa shape index (κ2) is 5.47. The van der Waals surface area contributed by atoms with Crippen molar-refractivity contribution in [3.8, 4) is 0 Å². The van der Waals surface area contributed by atoms with Crippen LogP contribution in [0.5, 0.6) is 0 Å². The predicted molar refractivity (Wildman–Crippen MR) is 71.7 cm³/mol. The van der Waals surface area contributed by atoms with Crippen molar-refractivity contribution in [1.82, 2.24) is 0 Å². The van der Waals surface area contributed by atoms with E-state index in [1.807, 2.05) is 48.9 Å². The third-order valence-electron chi connectivity index (χ3n) is 2.24. The number of ether oxygens (including phenoxy) is 1. The fourth-order valence-electron chi connectivity index (χ4n) is 1.58. The maximum absolute atomic E-state index is 12.1. The van der Waals surface area contributed by atoms with Gasteiger partial charge in [0.1, 0.15) is 5.92 Å². The van der Waals surface area contributed by atoms with E-state index in [9.17, 15) is 4.79 Å². The Kier molecular flexibility index (Phi) is 3.97. The maximum Gasteiger partial charge on any atom is 0.319 e. The molecule has 0 aromatic carbocycles. The fourth-order valence-corrected chi connectivity index (χ4v) is 3.32. The van der Waals surface area contributed by atoms with E-state index >= 15 is 0 Å². The summed E-state index contributed by atoms with van der Waals surface area (Å²) in [5, 5.41) is 3.97. The molecule has 2 rings (SSSR count). The van der Waals surface area contributed by atoms with Crippen LogP contribution in [0, 0.1) is 0 Å². The molecule has 0 bridgehead atoms. The van der Waals surface area contributed by atoms with Gasteiger partial charge in [-0.2, -0.15) is 0 Å². The lowest BCUT2D eigenvalue weighted by Gasteiger charge is -2.15. The second-order valence-corrected chi connectivity index (χ2v) is 5.91. The van der Waals surface area contributed by atoms with Gasteiger partial charge in [-0.25, -0.2) is 0 Å². The summed E-state index contributed by atoms with van der Waals surface area (Å²) in [4.78, 5) is 14.2. The lowest BCUT2D eigenvalue weighted by Crippen LogP contribution is -2.19. The number of carbonyl (C=O) groups excluding carboxylic acids is 1. The molecule has 2 nitrogen and oxygen atoms in total. The zero-order chi connectivity index (χ0) is 12.3. The van der Waals surface area contributed by atoms with Gasteiger partial charge in [-0.3, -0.25) is 4.79 Å². The summed E-state index contributed by atoms with van der Waals surface area (Å²) in [7, 11) is 0. The SMILES string of the molecule is CC(C)OC(=O)C(c1cccs1)c1cccs1. The molecule has 4 heteroatoms. The van der Waals surface area contributed by atoms with Crippen molar-refractivity contribution in [3.05, 3.63) is 44.8 Å². The van der Waals surface area contributed by atoms with Gasteiger partial charge in [-0.05, 0) is 36.7 Å². The smallest absolute Gasteiger partial charge is 0.319 e. The molecule has 0 atom stereocenters. The normalized spacial score (nSPS) is 11.1. The van der Waals surface area contributed by atoms with E-state index in [2.05, 4.69) is 0 Å². The molecule has 0 unspecified atom stereocenters. The first-order chi connectivity index (χ1) is 8.18. The zero-order valence-electron chi connectivity index (χ0n) is 9.75. The fraction of sp³-hybridized carbons (Fsp3) is 0.308. The van der Waals surface area contributed by atoms with Crippen LogP contribution in [0.4, 0.5) is 0 Å². The zero-order valence-corrected chi connectivity index (χ0v) is 11.4. The Balaban J connectivity index is 2.28. The van der Waals surface area contributed by atoms with Gasteiger partial charge in [0.2, 0.25) is 0 Å². The van der Waals surface area contributed by atoms with E-state index in [4.69, 9.17) is 4.74 Å². The lowest BCUT2D eigenvalue weighted by atomic mass is 10.1. The molecule has 0 aliphatic carbocycles. The van der Waals surface area contributed by atoms with Crippen molar-refractivity contribution in [2.24, 2.45) is 0 Å². The third-order valence-corrected chi connectivity index (χ3v) is 4.12. The van der Waals surface area contributed by atoms with Gasteiger partial charge < -0.3 is 4.74 Å². The Bertz CT molecular complexity index is 423. The molecule has 0 radical (unpaired) electrons. The van der Waals surface area contributed by atoms with Crippen molar-refractivity contribution < 1.29 is 9.53 Å². The molecule has 0 N–H and O–H groups in total. The van der Waals surface area contributed by atoms with Crippen molar-refractivity contribution in [2.45, 2.75) is 25.9 Å². The van der Waals surface area contributed by atoms with Crippen LogP contribution in [0.25, 0.3) is 0 Å². The first kappa shape index (κ1) is 12.3. The Hall–Kier alpha value is -1.13. The minimum absolute atomic E-state index is 0.0788. The van der Waals surface area contributed by atoms with E-state index < -0.39 is 0 Å². The van der Waals surface area contributed by atoms with Crippen LogP contribution in [0.1, 0.15) is 29.5 Å². The van der Waals surface area contributed by atoms with Crippen LogP contribution in [0.15, 0.2) is 35.0 Å². The topological polar surface area (TPSA) is 26.3 Å². The number of carbonyl (C=O) groups is 1. The molecule has 0 spiro atoms. The first-order valence-corrected chi connectivity index (χ1v) is 7.21. The minimum Gasteiger partial charge on any atom is -0.462 e. The number of rotatable bonds is 4. The highest BCUT2D eigenvalue weighted by atomic mass is 32.1. The molecule has 2 aromatic heterocycles. The summed E-state index contributed by atoms with van der Waals surface area (Å²) in [5.41, 5.74) is 0. The number of thiophene rings is 2. The molecule has 0 saturated carbocycles. The summed E-state index contributed by atoms with van der Waals surface area (Å²) >= 11 is 3.18. The van der Waals surface area contributed by atoms with E-state index in [-0.39, 0.29) is 18.0 Å². The standard InChI is InChI=1S/C13H14O2S2/c1-9(2)15-13(14)12(10-5-3-7-16-10)11-6-4-8-17-11/h3-9,12H,1-2H3. The van der Waals surface area contributed by atoms with Gasteiger partial charge in [0.15, 0.2) is 0 Å². The lowest BCUT2D eigenvalue weighted by molar-refractivity contribution is -0.148. The first-order valence-electron chi connectivity index (χ1n) is 5.46. The Morgan fingerprint density at radius 3 is 2.00 bits per heavy atom. The Labute approximate surface area is 109 Å². The van der Waals surface area contributed by atoms with Crippen LogP contribution >= 0.6 is 22.7 Å². The maximum atomic E-state index is 12.1. The van der Waals surface area contributed by atoms with Crippen molar-refractivity contribution >= 4 is 28.6 Å². The highest BCUT2D eigenvalue weighted by Gasteiger charge is 2.26. The molecule has 0 amide bonds. The summed E-state index contributed by atoms with van der Waals surface area (Å²) in [5.74, 6) is -0.428. The minimum atomic E-state index is -0.266. The molecule has 0 aliphatic rings. The second-order valence-electron chi connectivity index (χ2n) is 3.95. The average molecular weight is 266 g/mol. The predicted octanol–water partition coefficient (Wildman–Crippen LogP) is 3.89. The van der Waals surface area contributed by atoms with Gasteiger partial charge in [-0.15, -0.1) is 22.7 Å². The van der Waals surface area contributed by atoms with Gasteiger partial charge in [0.05, 0.1) is 6.10 Å². The van der Waals surface area contributed by atoms with Crippen LogP contribution in [-0.4, -0.2) is 12.1 Å². The van der Waals surface area contributed by atoms with Gasteiger partial charge in [0.25, 0.3) is 0 Å². The number of hydrogen-bond donors (Lipinski definition) is 0. The molecule has 2 heterocycles.